The Morgan fingerprint density at radius 1 is 0.969 bits per heavy atom. The number of carbonyl (C=O) groups excluding carboxylic acids is 2. The minimum Gasteiger partial charge on any atom is -0.364 e. The highest BCUT2D eigenvalue weighted by Gasteiger charge is 2.09. The molecule has 4 aromatic rings. The SMILES string of the molecule is O=C(CCCC(=O)c1cccs1)Nc1cccc(CNc2n[nH]c(=O)c3ccccc23)c1. The number of nitrogens with zero attached hydrogens (tertiary/aromatic N) is 1. The van der Waals surface area contributed by atoms with Crippen molar-refractivity contribution in [1.82, 2.24) is 10.2 Å². The second-order valence-corrected chi connectivity index (χ2v) is 8.25. The summed E-state index contributed by atoms with van der Waals surface area (Å²) in [4.78, 5) is 36.9. The minimum atomic E-state index is -0.229. The zero-order valence-corrected chi connectivity index (χ0v) is 18.1. The van der Waals surface area contributed by atoms with Gasteiger partial charge in [-0.3, -0.25) is 14.4 Å². The number of carbonyl (C=O) groups is 2. The Balaban J connectivity index is 1.32. The van der Waals surface area contributed by atoms with Crippen LogP contribution in [0.15, 0.2) is 70.8 Å². The highest BCUT2D eigenvalue weighted by Crippen LogP contribution is 2.19. The van der Waals surface area contributed by atoms with Gasteiger partial charge in [0, 0.05) is 30.5 Å². The van der Waals surface area contributed by atoms with Gasteiger partial charge in [-0.2, -0.15) is 5.10 Å². The molecule has 0 aliphatic carbocycles. The lowest BCUT2D eigenvalue weighted by Crippen LogP contribution is -2.13. The smallest absolute Gasteiger partial charge is 0.272 e. The number of amides is 1. The van der Waals surface area contributed by atoms with Gasteiger partial charge in [0.1, 0.15) is 0 Å². The van der Waals surface area contributed by atoms with E-state index in [0.29, 0.717) is 36.3 Å². The van der Waals surface area contributed by atoms with Gasteiger partial charge in [-0.1, -0.05) is 36.4 Å². The molecule has 32 heavy (non-hydrogen) atoms. The average Bonchev–Trinajstić information content (AvgIpc) is 3.34. The molecule has 3 N–H and O–H groups in total. The molecular weight excluding hydrogens is 424 g/mol. The van der Waals surface area contributed by atoms with Crippen molar-refractivity contribution in [2.24, 2.45) is 0 Å². The number of aromatic amines is 1. The number of hydrogen-bond acceptors (Lipinski definition) is 6. The summed E-state index contributed by atoms with van der Waals surface area (Å²) < 4.78 is 0. The zero-order valence-electron chi connectivity index (χ0n) is 17.3. The van der Waals surface area contributed by atoms with Crippen LogP contribution in [0.4, 0.5) is 11.5 Å². The lowest BCUT2D eigenvalue weighted by atomic mass is 10.1. The Hall–Kier alpha value is -3.78. The van der Waals surface area contributed by atoms with Crippen LogP contribution in [-0.2, 0) is 11.3 Å². The van der Waals surface area contributed by atoms with Gasteiger partial charge in [0.05, 0.1) is 10.3 Å². The van der Waals surface area contributed by atoms with Crippen molar-refractivity contribution < 1.29 is 9.59 Å². The summed E-state index contributed by atoms with van der Waals surface area (Å²) in [6.45, 7) is 0.474. The molecule has 0 radical (unpaired) electrons. The van der Waals surface area contributed by atoms with E-state index >= 15 is 0 Å². The molecule has 0 unspecified atom stereocenters. The monoisotopic (exact) mass is 446 g/mol. The minimum absolute atomic E-state index is 0.0734. The van der Waals surface area contributed by atoms with Crippen LogP contribution in [0.2, 0.25) is 0 Å². The molecule has 8 heteroatoms. The van der Waals surface area contributed by atoms with Crippen molar-refractivity contribution in [1.29, 1.82) is 0 Å². The molecule has 4 rings (SSSR count). The normalized spacial score (nSPS) is 10.8. The van der Waals surface area contributed by atoms with Crippen LogP contribution in [0.25, 0.3) is 10.8 Å². The molecule has 0 aliphatic heterocycles. The van der Waals surface area contributed by atoms with Crippen molar-refractivity contribution in [2.45, 2.75) is 25.8 Å². The topological polar surface area (TPSA) is 104 Å². The van der Waals surface area contributed by atoms with Gasteiger partial charge in [-0.15, -0.1) is 11.3 Å². The quantitative estimate of drug-likeness (QED) is 0.326. The molecule has 0 bridgehead atoms. The van der Waals surface area contributed by atoms with Crippen LogP contribution in [0.3, 0.4) is 0 Å². The fourth-order valence-corrected chi connectivity index (χ4v) is 4.08. The predicted molar refractivity (Wildman–Crippen MR) is 127 cm³/mol. The van der Waals surface area contributed by atoms with Gasteiger partial charge < -0.3 is 10.6 Å². The van der Waals surface area contributed by atoms with Crippen LogP contribution in [0, 0.1) is 0 Å². The van der Waals surface area contributed by atoms with Gasteiger partial charge in [0.15, 0.2) is 11.6 Å². The Morgan fingerprint density at radius 3 is 2.62 bits per heavy atom. The molecular formula is C24H22N4O3S. The Kier molecular flexibility index (Phi) is 6.72. The summed E-state index contributed by atoms with van der Waals surface area (Å²) in [6.07, 6.45) is 1.15. The summed E-state index contributed by atoms with van der Waals surface area (Å²) in [5.74, 6) is 0.539. The summed E-state index contributed by atoms with van der Waals surface area (Å²) in [7, 11) is 0. The van der Waals surface area contributed by atoms with Crippen LogP contribution in [0.1, 0.15) is 34.5 Å². The molecule has 0 atom stereocenters. The first-order valence-electron chi connectivity index (χ1n) is 10.3. The number of aromatic nitrogens is 2. The van der Waals surface area contributed by atoms with E-state index in [1.54, 1.807) is 12.1 Å². The van der Waals surface area contributed by atoms with Crippen LogP contribution in [-0.4, -0.2) is 21.9 Å². The van der Waals surface area contributed by atoms with E-state index in [2.05, 4.69) is 20.8 Å². The van der Waals surface area contributed by atoms with Gasteiger partial charge in [-0.25, -0.2) is 5.10 Å². The molecule has 2 aromatic heterocycles. The van der Waals surface area contributed by atoms with E-state index < -0.39 is 0 Å². The highest BCUT2D eigenvalue weighted by molar-refractivity contribution is 7.12. The number of Topliss-reactive ketones (excluding diaryl/α,β-unsaturated/α-hetero) is 1. The number of H-pyrrole nitrogens is 1. The van der Waals surface area contributed by atoms with E-state index in [-0.39, 0.29) is 23.7 Å². The molecule has 2 heterocycles. The van der Waals surface area contributed by atoms with Gasteiger partial charge in [0.2, 0.25) is 5.91 Å². The fraction of sp³-hybridized carbons (Fsp3) is 0.167. The van der Waals surface area contributed by atoms with Crippen LogP contribution < -0.4 is 16.2 Å². The maximum absolute atomic E-state index is 12.3. The summed E-state index contributed by atoms with van der Waals surface area (Å²) in [5, 5.41) is 15.9. The maximum atomic E-state index is 12.3. The summed E-state index contributed by atoms with van der Waals surface area (Å²) in [5.41, 5.74) is 1.42. The Bertz CT molecular complexity index is 1300. The second-order valence-electron chi connectivity index (χ2n) is 7.30. The summed E-state index contributed by atoms with van der Waals surface area (Å²) >= 11 is 1.42. The van der Waals surface area contributed by atoms with Crippen molar-refractivity contribution >= 4 is 45.3 Å². The Labute approximate surface area is 188 Å². The lowest BCUT2D eigenvalue weighted by Gasteiger charge is -2.10. The summed E-state index contributed by atoms with van der Waals surface area (Å²) in [6, 6.07) is 18.4. The number of thiophene rings is 1. The number of rotatable bonds is 9. The van der Waals surface area contributed by atoms with Gasteiger partial charge in [-0.05, 0) is 41.6 Å². The number of nitrogens with one attached hydrogen (secondary N) is 3. The first kappa shape index (κ1) is 21.5. The van der Waals surface area contributed by atoms with E-state index in [4.69, 9.17) is 0 Å². The number of benzene rings is 2. The fourth-order valence-electron chi connectivity index (χ4n) is 3.39. The maximum Gasteiger partial charge on any atom is 0.272 e. The third-order valence-electron chi connectivity index (χ3n) is 4.97. The van der Waals surface area contributed by atoms with Crippen molar-refractivity contribution in [3.63, 3.8) is 0 Å². The molecule has 162 valence electrons. The third-order valence-corrected chi connectivity index (χ3v) is 5.88. The second kappa shape index (κ2) is 10.0. The van der Waals surface area contributed by atoms with E-state index in [1.807, 2.05) is 53.9 Å². The number of ketones is 1. The average molecular weight is 447 g/mol. The van der Waals surface area contributed by atoms with Crippen molar-refractivity contribution in [3.8, 4) is 0 Å². The first-order chi connectivity index (χ1) is 15.6. The van der Waals surface area contributed by atoms with Gasteiger partial charge in [0.25, 0.3) is 5.56 Å². The molecule has 0 saturated carbocycles. The Morgan fingerprint density at radius 2 is 1.81 bits per heavy atom. The standard InChI is InChI=1S/C24H22N4O3S/c29-20(21-11-5-13-32-21)10-4-12-22(30)26-17-7-3-6-16(14-17)15-25-23-18-8-1-2-9-19(18)24(31)28-27-23/h1-3,5-9,11,13-14H,4,10,12,15H2,(H,25,27)(H,26,30)(H,28,31). The molecule has 2 aromatic carbocycles. The number of fused-ring (bicyclic) bond motifs is 1. The van der Waals surface area contributed by atoms with Crippen LogP contribution in [0.5, 0.6) is 0 Å². The predicted octanol–water partition coefficient (Wildman–Crippen LogP) is 4.59. The molecule has 1 amide bonds. The third kappa shape index (κ3) is 5.28. The zero-order chi connectivity index (χ0) is 22.3. The molecule has 0 aliphatic rings. The number of hydrogen-bond donors (Lipinski definition) is 3. The lowest BCUT2D eigenvalue weighted by molar-refractivity contribution is -0.116. The van der Waals surface area contributed by atoms with E-state index in [9.17, 15) is 14.4 Å². The molecule has 0 spiro atoms. The molecule has 0 saturated heterocycles. The number of anilines is 2. The molecule has 7 nitrogen and oxygen atoms in total. The van der Waals surface area contributed by atoms with E-state index in [1.165, 1.54) is 11.3 Å². The van der Waals surface area contributed by atoms with Crippen molar-refractivity contribution in [2.75, 3.05) is 10.6 Å². The van der Waals surface area contributed by atoms with Gasteiger partial charge >= 0.3 is 0 Å². The van der Waals surface area contributed by atoms with Crippen molar-refractivity contribution in [3.05, 3.63) is 86.8 Å². The highest BCUT2D eigenvalue weighted by atomic mass is 32.1. The van der Waals surface area contributed by atoms with E-state index in [0.717, 1.165) is 15.8 Å². The first-order valence-corrected chi connectivity index (χ1v) is 11.1. The largest absolute Gasteiger partial charge is 0.364 e. The van der Waals surface area contributed by atoms with Crippen LogP contribution >= 0.6 is 11.3 Å². The molecule has 0 fully saturated rings.